The summed E-state index contributed by atoms with van der Waals surface area (Å²) in [4.78, 5) is 0. The highest BCUT2D eigenvalue weighted by Crippen LogP contribution is 2.09. The Morgan fingerprint density at radius 1 is 1.40 bits per heavy atom. The second-order valence-electron chi connectivity index (χ2n) is 1.94. The molecule has 0 aliphatic rings. The van der Waals surface area contributed by atoms with E-state index in [0.717, 1.165) is 5.52 Å². The highest BCUT2D eigenvalue weighted by Gasteiger charge is 1.97. The zero-order valence-electron chi connectivity index (χ0n) is 5.10. The average molecular weight is 151 g/mol. The number of nitrogens with zero attached hydrogens (tertiary/aromatic N) is 3. The molecule has 0 saturated carbocycles. The van der Waals surface area contributed by atoms with Gasteiger partial charge in [0.25, 0.3) is 0 Å². The van der Waals surface area contributed by atoms with Crippen molar-refractivity contribution in [2.45, 2.75) is 5.03 Å². The first kappa shape index (κ1) is 5.73. The van der Waals surface area contributed by atoms with E-state index >= 15 is 0 Å². The molecule has 3 nitrogen and oxygen atoms in total. The van der Waals surface area contributed by atoms with Gasteiger partial charge in [0.15, 0.2) is 0 Å². The van der Waals surface area contributed by atoms with Crippen molar-refractivity contribution in [2.75, 3.05) is 0 Å². The molecule has 2 aromatic rings. The van der Waals surface area contributed by atoms with Crippen LogP contribution >= 0.6 is 12.6 Å². The Morgan fingerprint density at radius 2 is 2.30 bits per heavy atom. The predicted molar refractivity (Wildman–Crippen MR) is 40.2 cm³/mol. The Morgan fingerprint density at radius 3 is 3.10 bits per heavy atom. The van der Waals surface area contributed by atoms with E-state index in [-0.39, 0.29) is 0 Å². The van der Waals surface area contributed by atoms with E-state index in [0.29, 0.717) is 5.03 Å². The second kappa shape index (κ2) is 1.98. The zero-order chi connectivity index (χ0) is 6.97. The fourth-order valence-corrected chi connectivity index (χ4v) is 1.05. The molecule has 0 spiro atoms. The molecule has 0 fully saturated rings. The third kappa shape index (κ3) is 0.690. The molecule has 10 heavy (non-hydrogen) atoms. The molecule has 0 aliphatic heterocycles. The SMILES string of the molecule is Sc1nnn2ccccc12. The Balaban J connectivity index is 2.93. The summed E-state index contributed by atoms with van der Waals surface area (Å²) in [5.41, 5.74) is 0.936. The van der Waals surface area contributed by atoms with Gasteiger partial charge in [0.2, 0.25) is 0 Å². The van der Waals surface area contributed by atoms with Gasteiger partial charge in [-0.1, -0.05) is 11.3 Å². The van der Waals surface area contributed by atoms with Crippen molar-refractivity contribution >= 4 is 18.1 Å². The molecule has 0 N–H and O–H groups in total. The number of hydrogen-bond donors (Lipinski definition) is 1. The van der Waals surface area contributed by atoms with E-state index in [4.69, 9.17) is 0 Å². The molecule has 2 rings (SSSR count). The standard InChI is InChI=1S/C6H5N3S/c10-6-5-3-1-2-4-9(5)8-7-6/h1-4,10H. The molecule has 0 amide bonds. The molecule has 0 radical (unpaired) electrons. The largest absolute Gasteiger partial charge is 0.220 e. The molecular weight excluding hydrogens is 146 g/mol. The van der Waals surface area contributed by atoms with Crippen LogP contribution in [0.5, 0.6) is 0 Å². The van der Waals surface area contributed by atoms with Crippen LogP contribution in [0.2, 0.25) is 0 Å². The molecule has 50 valence electrons. The fourth-order valence-electron chi connectivity index (χ4n) is 0.831. The van der Waals surface area contributed by atoms with Gasteiger partial charge in [0, 0.05) is 6.20 Å². The molecule has 2 aromatic heterocycles. The lowest BCUT2D eigenvalue weighted by molar-refractivity contribution is 0.840. The van der Waals surface area contributed by atoms with Gasteiger partial charge < -0.3 is 0 Å². The number of pyridine rings is 1. The number of aromatic nitrogens is 3. The lowest BCUT2D eigenvalue weighted by atomic mass is 10.4. The van der Waals surface area contributed by atoms with Crippen LogP contribution in [0.25, 0.3) is 5.52 Å². The molecule has 0 unspecified atom stereocenters. The van der Waals surface area contributed by atoms with Gasteiger partial charge in [0.1, 0.15) is 10.5 Å². The Kier molecular flexibility index (Phi) is 1.14. The monoisotopic (exact) mass is 151 g/mol. The number of fused-ring (bicyclic) bond motifs is 1. The van der Waals surface area contributed by atoms with Gasteiger partial charge in [-0.15, -0.1) is 17.7 Å². The van der Waals surface area contributed by atoms with Crippen molar-refractivity contribution in [1.82, 2.24) is 14.8 Å². The minimum absolute atomic E-state index is 0.667. The second-order valence-corrected chi connectivity index (χ2v) is 2.37. The maximum absolute atomic E-state index is 4.11. The summed E-state index contributed by atoms with van der Waals surface area (Å²) in [6.45, 7) is 0. The molecular formula is C6H5N3S. The van der Waals surface area contributed by atoms with Crippen LogP contribution in [0, 0.1) is 0 Å². The number of hydrogen-bond acceptors (Lipinski definition) is 3. The van der Waals surface area contributed by atoms with Crippen molar-refractivity contribution < 1.29 is 0 Å². The van der Waals surface area contributed by atoms with E-state index < -0.39 is 0 Å². The zero-order valence-corrected chi connectivity index (χ0v) is 5.99. The van der Waals surface area contributed by atoms with Crippen molar-refractivity contribution in [3.8, 4) is 0 Å². The highest BCUT2D eigenvalue weighted by molar-refractivity contribution is 7.80. The molecule has 0 aromatic carbocycles. The summed E-state index contributed by atoms with van der Waals surface area (Å²) in [5.74, 6) is 0. The predicted octanol–water partition coefficient (Wildman–Crippen LogP) is 1.02. The lowest BCUT2D eigenvalue weighted by Gasteiger charge is -1.86. The summed E-state index contributed by atoms with van der Waals surface area (Å²) in [7, 11) is 0. The van der Waals surface area contributed by atoms with Crippen LogP contribution in [0.15, 0.2) is 29.4 Å². The quantitative estimate of drug-likeness (QED) is 0.570. The first-order chi connectivity index (χ1) is 4.88. The summed E-state index contributed by atoms with van der Waals surface area (Å²) in [6, 6.07) is 5.75. The Bertz CT molecular complexity index is 355. The van der Waals surface area contributed by atoms with Gasteiger partial charge in [0.05, 0.1) is 0 Å². The van der Waals surface area contributed by atoms with Crippen LogP contribution in [-0.2, 0) is 0 Å². The van der Waals surface area contributed by atoms with Crippen molar-refractivity contribution in [3.63, 3.8) is 0 Å². The van der Waals surface area contributed by atoms with Crippen LogP contribution in [0.1, 0.15) is 0 Å². The number of thiol groups is 1. The van der Waals surface area contributed by atoms with Crippen molar-refractivity contribution in [3.05, 3.63) is 24.4 Å². The van der Waals surface area contributed by atoms with Gasteiger partial charge in [-0.25, -0.2) is 4.52 Å². The topological polar surface area (TPSA) is 30.2 Å². The maximum atomic E-state index is 4.11. The Labute approximate surface area is 63.1 Å². The third-order valence-corrected chi connectivity index (χ3v) is 1.62. The molecule has 0 atom stereocenters. The Hall–Kier alpha value is -1.03. The van der Waals surface area contributed by atoms with Crippen LogP contribution in [-0.4, -0.2) is 14.8 Å². The summed E-state index contributed by atoms with van der Waals surface area (Å²) >= 11 is 4.11. The van der Waals surface area contributed by atoms with E-state index in [2.05, 4.69) is 22.9 Å². The van der Waals surface area contributed by atoms with Gasteiger partial charge in [-0.2, -0.15) is 0 Å². The number of rotatable bonds is 0. The normalized spacial score (nSPS) is 10.5. The van der Waals surface area contributed by atoms with Gasteiger partial charge in [-0.05, 0) is 12.1 Å². The minimum atomic E-state index is 0.667. The van der Waals surface area contributed by atoms with Crippen LogP contribution < -0.4 is 0 Å². The van der Waals surface area contributed by atoms with E-state index in [9.17, 15) is 0 Å². The third-order valence-electron chi connectivity index (χ3n) is 1.30. The highest BCUT2D eigenvalue weighted by atomic mass is 32.1. The smallest absolute Gasteiger partial charge is 0.143 e. The molecule has 0 saturated heterocycles. The van der Waals surface area contributed by atoms with Gasteiger partial charge in [-0.3, -0.25) is 0 Å². The van der Waals surface area contributed by atoms with E-state index in [1.165, 1.54) is 0 Å². The van der Waals surface area contributed by atoms with Gasteiger partial charge >= 0.3 is 0 Å². The molecule has 2 heterocycles. The maximum Gasteiger partial charge on any atom is 0.143 e. The van der Waals surface area contributed by atoms with Crippen LogP contribution in [0.3, 0.4) is 0 Å². The molecule has 4 heteroatoms. The van der Waals surface area contributed by atoms with Crippen molar-refractivity contribution in [2.24, 2.45) is 0 Å². The first-order valence-corrected chi connectivity index (χ1v) is 3.31. The summed E-state index contributed by atoms with van der Waals surface area (Å²) < 4.78 is 1.68. The van der Waals surface area contributed by atoms with E-state index in [1.807, 2.05) is 24.4 Å². The fraction of sp³-hybridized carbons (Fsp3) is 0. The molecule has 0 bridgehead atoms. The summed E-state index contributed by atoms with van der Waals surface area (Å²) in [6.07, 6.45) is 1.84. The van der Waals surface area contributed by atoms with E-state index in [1.54, 1.807) is 4.52 Å². The summed E-state index contributed by atoms with van der Waals surface area (Å²) in [5, 5.41) is 8.25. The van der Waals surface area contributed by atoms with Crippen LogP contribution in [0.4, 0.5) is 0 Å². The first-order valence-electron chi connectivity index (χ1n) is 2.87. The minimum Gasteiger partial charge on any atom is -0.220 e. The molecule has 0 aliphatic carbocycles. The van der Waals surface area contributed by atoms with Crippen molar-refractivity contribution in [1.29, 1.82) is 0 Å². The lowest BCUT2D eigenvalue weighted by Crippen LogP contribution is -1.83. The average Bonchev–Trinajstić information content (AvgIpc) is 2.34.